The molecule has 2 aromatic carbocycles. The predicted octanol–water partition coefficient (Wildman–Crippen LogP) is 4.35. The Morgan fingerprint density at radius 2 is 1.91 bits per heavy atom. The summed E-state index contributed by atoms with van der Waals surface area (Å²) in [5.41, 5.74) is 3.06. The molecule has 0 N–H and O–H groups in total. The van der Waals surface area contributed by atoms with E-state index in [-0.39, 0.29) is 11.3 Å². The Morgan fingerprint density at radius 1 is 1.09 bits per heavy atom. The van der Waals surface area contributed by atoms with Crippen LogP contribution in [0.15, 0.2) is 48.5 Å². The summed E-state index contributed by atoms with van der Waals surface area (Å²) < 4.78 is 0. The molecule has 1 saturated carbocycles. The van der Waals surface area contributed by atoms with Crippen molar-refractivity contribution in [1.29, 1.82) is 0 Å². The van der Waals surface area contributed by atoms with Crippen LogP contribution in [0.2, 0.25) is 5.02 Å². The minimum Gasteiger partial charge on any atom is -0.311 e. The van der Waals surface area contributed by atoms with Gasteiger partial charge in [-0.15, -0.1) is 0 Å². The summed E-state index contributed by atoms with van der Waals surface area (Å²) in [6.07, 6.45) is 3.90. The van der Waals surface area contributed by atoms with Crippen molar-refractivity contribution < 1.29 is 4.79 Å². The minimum absolute atomic E-state index is 0.242. The first-order chi connectivity index (χ1) is 10.7. The number of nitrogens with zero attached hydrogens (tertiary/aromatic N) is 1. The number of carbonyl (C=O) groups is 1. The topological polar surface area (TPSA) is 20.3 Å². The van der Waals surface area contributed by atoms with E-state index < -0.39 is 0 Å². The van der Waals surface area contributed by atoms with Gasteiger partial charge in [0.05, 0.1) is 5.41 Å². The fraction of sp³-hybridized carbons (Fsp3) is 0.316. The molecule has 1 amide bonds. The number of carbonyl (C=O) groups excluding carboxylic acids is 1. The SMILES string of the molecule is O=C(N1CCc2ccccc21)C1(c2cccc(Cl)c2)CCC1. The average molecular weight is 312 g/mol. The van der Waals surface area contributed by atoms with Gasteiger partial charge >= 0.3 is 0 Å². The van der Waals surface area contributed by atoms with E-state index in [0.29, 0.717) is 5.02 Å². The smallest absolute Gasteiger partial charge is 0.237 e. The fourth-order valence-corrected chi connectivity index (χ4v) is 3.94. The van der Waals surface area contributed by atoms with E-state index in [4.69, 9.17) is 11.6 Å². The zero-order chi connectivity index (χ0) is 15.2. The van der Waals surface area contributed by atoms with Crippen LogP contribution in [0.1, 0.15) is 30.4 Å². The van der Waals surface area contributed by atoms with E-state index in [2.05, 4.69) is 12.1 Å². The summed E-state index contributed by atoms with van der Waals surface area (Å²) in [6, 6.07) is 16.1. The van der Waals surface area contributed by atoms with Gasteiger partial charge in [-0.3, -0.25) is 4.79 Å². The lowest BCUT2D eigenvalue weighted by molar-refractivity contribution is -0.127. The number of para-hydroxylation sites is 1. The van der Waals surface area contributed by atoms with Crippen LogP contribution in [0.25, 0.3) is 0 Å². The van der Waals surface area contributed by atoms with Crippen LogP contribution in [0.3, 0.4) is 0 Å². The molecule has 112 valence electrons. The van der Waals surface area contributed by atoms with Crippen LogP contribution < -0.4 is 4.90 Å². The molecule has 1 aliphatic heterocycles. The Hall–Kier alpha value is -1.80. The molecule has 0 radical (unpaired) electrons. The molecule has 0 unspecified atom stereocenters. The quantitative estimate of drug-likeness (QED) is 0.807. The van der Waals surface area contributed by atoms with Gasteiger partial charge < -0.3 is 4.90 Å². The van der Waals surface area contributed by atoms with Crippen LogP contribution in [-0.4, -0.2) is 12.5 Å². The van der Waals surface area contributed by atoms with Crippen LogP contribution in [-0.2, 0) is 16.6 Å². The van der Waals surface area contributed by atoms with Crippen molar-refractivity contribution in [3.05, 3.63) is 64.7 Å². The fourth-order valence-electron chi connectivity index (χ4n) is 3.75. The molecule has 4 rings (SSSR count). The van der Waals surface area contributed by atoms with Crippen molar-refractivity contribution in [1.82, 2.24) is 0 Å². The molecule has 22 heavy (non-hydrogen) atoms. The summed E-state index contributed by atoms with van der Waals surface area (Å²) >= 11 is 6.15. The zero-order valence-corrected chi connectivity index (χ0v) is 13.1. The summed E-state index contributed by atoms with van der Waals surface area (Å²) in [6.45, 7) is 0.792. The van der Waals surface area contributed by atoms with Crippen molar-refractivity contribution >= 4 is 23.2 Å². The normalized spacial score (nSPS) is 18.7. The third-order valence-corrected chi connectivity index (χ3v) is 5.36. The highest BCUT2D eigenvalue weighted by molar-refractivity contribution is 6.30. The van der Waals surface area contributed by atoms with Gasteiger partial charge in [0.1, 0.15) is 0 Å². The molecule has 1 heterocycles. The summed E-state index contributed by atoms with van der Waals surface area (Å²) in [7, 11) is 0. The maximum atomic E-state index is 13.3. The third kappa shape index (κ3) is 1.98. The standard InChI is InChI=1S/C19H18ClNO/c20-16-7-3-6-15(13-16)19(10-4-11-19)18(22)21-12-9-14-5-1-2-8-17(14)21/h1-3,5-8,13H,4,9-12H2. The van der Waals surface area contributed by atoms with Crippen LogP contribution in [0, 0.1) is 0 Å². The summed E-state index contributed by atoms with van der Waals surface area (Å²) in [4.78, 5) is 15.3. The Bertz CT molecular complexity index is 736. The first kappa shape index (κ1) is 13.8. The van der Waals surface area contributed by atoms with E-state index in [0.717, 1.165) is 43.5 Å². The lowest BCUT2D eigenvalue weighted by Crippen LogP contribution is -2.50. The first-order valence-corrected chi connectivity index (χ1v) is 8.24. The zero-order valence-electron chi connectivity index (χ0n) is 12.4. The second kappa shape index (κ2) is 5.13. The second-order valence-electron chi connectivity index (χ2n) is 6.28. The molecule has 0 spiro atoms. The molecule has 1 aliphatic carbocycles. The molecule has 2 aromatic rings. The summed E-state index contributed by atoms with van der Waals surface area (Å²) in [5, 5.41) is 0.707. The molecular formula is C19H18ClNO. The van der Waals surface area contributed by atoms with Gasteiger partial charge in [-0.05, 0) is 48.6 Å². The molecule has 0 aromatic heterocycles. The van der Waals surface area contributed by atoms with Gasteiger partial charge in [0.2, 0.25) is 5.91 Å². The number of rotatable bonds is 2. The molecular weight excluding hydrogens is 294 g/mol. The van der Waals surface area contributed by atoms with Gasteiger partial charge in [0.25, 0.3) is 0 Å². The van der Waals surface area contributed by atoms with Crippen LogP contribution in [0.5, 0.6) is 0 Å². The Kier molecular flexibility index (Phi) is 3.23. The van der Waals surface area contributed by atoms with Gasteiger partial charge in [0, 0.05) is 17.3 Å². The number of anilines is 1. The lowest BCUT2D eigenvalue weighted by Gasteiger charge is -2.43. The Morgan fingerprint density at radius 3 is 2.64 bits per heavy atom. The van der Waals surface area contributed by atoms with Crippen molar-refractivity contribution in [2.24, 2.45) is 0 Å². The largest absolute Gasteiger partial charge is 0.311 e. The van der Waals surface area contributed by atoms with Gasteiger partial charge in [-0.2, -0.15) is 0 Å². The molecule has 0 atom stereocenters. The Balaban J connectivity index is 1.72. The monoisotopic (exact) mass is 311 g/mol. The highest BCUT2D eigenvalue weighted by atomic mass is 35.5. The first-order valence-electron chi connectivity index (χ1n) is 7.87. The van der Waals surface area contributed by atoms with E-state index >= 15 is 0 Å². The van der Waals surface area contributed by atoms with Gasteiger partial charge in [0.15, 0.2) is 0 Å². The summed E-state index contributed by atoms with van der Waals surface area (Å²) in [5.74, 6) is 0.242. The molecule has 2 nitrogen and oxygen atoms in total. The number of amides is 1. The highest BCUT2D eigenvalue weighted by Gasteiger charge is 2.48. The van der Waals surface area contributed by atoms with E-state index in [1.807, 2.05) is 41.3 Å². The highest BCUT2D eigenvalue weighted by Crippen LogP contribution is 2.47. The molecule has 0 saturated heterocycles. The molecule has 2 aliphatic rings. The van der Waals surface area contributed by atoms with Crippen molar-refractivity contribution in [3.63, 3.8) is 0 Å². The number of hydrogen-bond donors (Lipinski definition) is 0. The van der Waals surface area contributed by atoms with Crippen molar-refractivity contribution in [3.8, 4) is 0 Å². The Labute approximate surface area is 135 Å². The van der Waals surface area contributed by atoms with E-state index in [1.54, 1.807) is 0 Å². The average Bonchev–Trinajstić information content (AvgIpc) is 2.90. The van der Waals surface area contributed by atoms with Crippen LogP contribution in [0.4, 0.5) is 5.69 Å². The van der Waals surface area contributed by atoms with Gasteiger partial charge in [-0.25, -0.2) is 0 Å². The minimum atomic E-state index is -0.373. The lowest BCUT2D eigenvalue weighted by atomic mass is 9.63. The number of halogens is 1. The van der Waals surface area contributed by atoms with Crippen molar-refractivity contribution in [2.75, 3.05) is 11.4 Å². The second-order valence-corrected chi connectivity index (χ2v) is 6.72. The maximum Gasteiger partial charge on any atom is 0.237 e. The molecule has 3 heteroatoms. The molecule has 0 bridgehead atoms. The number of benzene rings is 2. The van der Waals surface area contributed by atoms with Crippen molar-refractivity contribution in [2.45, 2.75) is 31.1 Å². The number of hydrogen-bond acceptors (Lipinski definition) is 1. The van der Waals surface area contributed by atoms with E-state index in [1.165, 1.54) is 5.56 Å². The van der Waals surface area contributed by atoms with Gasteiger partial charge in [-0.1, -0.05) is 48.4 Å². The third-order valence-electron chi connectivity index (χ3n) is 5.13. The predicted molar refractivity (Wildman–Crippen MR) is 89.5 cm³/mol. The number of fused-ring (bicyclic) bond motifs is 1. The van der Waals surface area contributed by atoms with E-state index in [9.17, 15) is 4.79 Å². The van der Waals surface area contributed by atoms with Crippen LogP contribution >= 0.6 is 11.6 Å². The maximum absolute atomic E-state index is 13.3. The molecule has 1 fully saturated rings.